The third-order valence-corrected chi connectivity index (χ3v) is 2.40. The monoisotopic (exact) mass is 199 g/mol. The minimum Gasteiger partial charge on any atom is -0.369 e. The summed E-state index contributed by atoms with van der Waals surface area (Å²) in [7, 11) is 0. The average Bonchev–Trinajstić information content (AvgIpc) is 2.18. The van der Waals surface area contributed by atoms with Crippen molar-refractivity contribution < 1.29 is 14.3 Å². The number of Topliss-reactive ketones (excluding diaryl/α,β-unsaturated/α-hetero) is 1. The summed E-state index contributed by atoms with van der Waals surface area (Å²) < 4.78 is 5.21. The molecule has 0 bridgehead atoms. The van der Waals surface area contributed by atoms with Gasteiger partial charge in [0.25, 0.3) is 5.91 Å². The zero-order chi connectivity index (χ0) is 10.6. The van der Waals surface area contributed by atoms with Crippen LogP contribution >= 0.6 is 0 Å². The standard InChI is InChI=1S/C10H17NO3/c1-3-14-8(2)10(13)11-6-4-9(12)5-7-11/h8H,3-7H2,1-2H3. The molecule has 0 N–H and O–H groups in total. The molecular formula is C10H17NO3. The van der Waals surface area contributed by atoms with E-state index in [4.69, 9.17) is 4.74 Å². The van der Waals surface area contributed by atoms with Crippen LogP contribution in [0.5, 0.6) is 0 Å². The van der Waals surface area contributed by atoms with Gasteiger partial charge < -0.3 is 9.64 Å². The van der Waals surface area contributed by atoms with Crippen LogP contribution in [0.2, 0.25) is 0 Å². The molecule has 1 aliphatic rings. The normalized spacial score (nSPS) is 19.6. The maximum atomic E-state index is 11.7. The summed E-state index contributed by atoms with van der Waals surface area (Å²) in [5.41, 5.74) is 0. The second-order valence-electron chi connectivity index (χ2n) is 3.46. The van der Waals surface area contributed by atoms with Crippen molar-refractivity contribution in [2.45, 2.75) is 32.8 Å². The number of likely N-dealkylation sites (tertiary alicyclic amines) is 1. The third-order valence-electron chi connectivity index (χ3n) is 2.40. The molecule has 80 valence electrons. The minimum atomic E-state index is -0.381. The van der Waals surface area contributed by atoms with Gasteiger partial charge >= 0.3 is 0 Å². The molecule has 1 aliphatic heterocycles. The first-order valence-electron chi connectivity index (χ1n) is 5.07. The fourth-order valence-corrected chi connectivity index (χ4v) is 1.55. The van der Waals surface area contributed by atoms with Crippen LogP contribution < -0.4 is 0 Å². The number of ketones is 1. The van der Waals surface area contributed by atoms with E-state index in [2.05, 4.69) is 0 Å². The van der Waals surface area contributed by atoms with Crippen molar-refractivity contribution in [1.82, 2.24) is 4.90 Å². The first kappa shape index (κ1) is 11.2. The Kier molecular flexibility index (Phi) is 4.07. The molecule has 1 unspecified atom stereocenters. The van der Waals surface area contributed by atoms with Crippen molar-refractivity contribution in [2.24, 2.45) is 0 Å². The van der Waals surface area contributed by atoms with Gasteiger partial charge in [-0.05, 0) is 13.8 Å². The van der Waals surface area contributed by atoms with Gasteiger partial charge in [-0.25, -0.2) is 0 Å². The van der Waals surface area contributed by atoms with Crippen LogP contribution in [0, 0.1) is 0 Å². The minimum absolute atomic E-state index is 0.000602. The van der Waals surface area contributed by atoms with Crippen molar-refractivity contribution in [1.29, 1.82) is 0 Å². The van der Waals surface area contributed by atoms with Crippen LogP contribution in [0.4, 0.5) is 0 Å². The van der Waals surface area contributed by atoms with Crippen LogP contribution in [0.25, 0.3) is 0 Å². The number of ether oxygens (including phenoxy) is 1. The van der Waals surface area contributed by atoms with E-state index in [1.807, 2.05) is 6.92 Å². The van der Waals surface area contributed by atoms with Gasteiger partial charge in [0, 0.05) is 32.5 Å². The summed E-state index contributed by atoms with van der Waals surface area (Å²) in [5.74, 6) is 0.248. The zero-order valence-corrected chi connectivity index (χ0v) is 8.78. The number of carbonyl (C=O) groups is 2. The van der Waals surface area contributed by atoms with E-state index < -0.39 is 0 Å². The Morgan fingerprint density at radius 1 is 1.50 bits per heavy atom. The third kappa shape index (κ3) is 2.80. The Morgan fingerprint density at radius 3 is 2.57 bits per heavy atom. The molecular weight excluding hydrogens is 182 g/mol. The highest BCUT2D eigenvalue weighted by atomic mass is 16.5. The van der Waals surface area contributed by atoms with Crippen molar-refractivity contribution in [3.05, 3.63) is 0 Å². The van der Waals surface area contributed by atoms with Crippen molar-refractivity contribution in [3.8, 4) is 0 Å². The predicted octanol–water partition coefficient (Wildman–Crippen LogP) is 0.603. The Hall–Kier alpha value is -0.900. The number of piperidine rings is 1. The lowest BCUT2D eigenvalue weighted by molar-refractivity contribution is -0.144. The van der Waals surface area contributed by atoms with E-state index in [0.29, 0.717) is 32.5 Å². The molecule has 0 spiro atoms. The number of hydrogen-bond acceptors (Lipinski definition) is 3. The smallest absolute Gasteiger partial charge is 0.251 e. The van der Waals surface area contributed by atoms with Gasteiger partial charge in [-0.15, -0.1) is 0 Å². The van der Waals surface area contributed by atoms with Crippen LogP contribution in [-0.2, 0) is 14.3 Å². The SMILES string of the molecule is CCOC(C)C(=O)N1CCC(=O)CC1. The molecule has 1 fully saturated rings. The molecule has 0 aromatic carbocycles. The molecule has 14 heavy (non-hydrogen) atoms. The molecule has 1 saturated heterocycles. The highest BCUT2D eigenvalue weighted by molar-refractivity contribution is 5.85. The largest absolute Gasteiger partial charge is 0.369 e. The summed E-state index contributed by atoms with van der Waals surface area (Å²) in [6, 6.07) is 0. The fraction of sp³-hybridized carbons (Fsp3) is 0.800. The molecule has 0 aromatic rings. The van der Waals surface area contributed by atoms with Crippen LogP contribution in [0.15, 0.2) is 0 Å². The van der Waals surface area contributed by atoms with Crippen LogP contribution in [0.1, 0.15) is 26.7 Å². The van der Waals surface area contributed by atoms with Gasteiger partial charge in [-0.2, -0.15) is 0 Å². The van der Waals surface area contributed by atoms with Crippen LogP contribution in [-0.4, -0.2) is 42.4 Å². The van der Waals surface area contributed by atoms with Gasteiger partial charge in [-0.3, -0.25) is 9.59 Å². The summed E-state index contributed by atoms with van der Waals surface area (Å²) in [5, 5.41) is 0. The average molecular weight is 199 g/mol. The lowest BCUT2D eigenvalue weighted by Gasteiger charge is -2.28. The van der Waals surface area contributed by atoms with E-state index in [1.165, 1.54) is 0 Å². The summed E-state index contributed by atoms with van der Waals surface area (Å²) in [6.07, 6.45) is 0.600. The van der Waals surface area contributed by atoms with Gasteiger partial charge in [0.2, 0.25) is 0 Å². The molecule has 4 heteroatoms. The summed E-state index contributed by atoms with van der Waals surface area (Å²) >= 11 is 0. The van der Waals surface area contributed by atoms with Crippen LogP contribution in [0.3, 0.4) is 0 Å². The Morgan fingerprint density at radius 2 is 2.07 bits per heavy atom. The Labute approximate surface area is 84.2 Å². The summed E-state index contributed by atoms with van der Waals surface area (Å²) in [4.78, 5) is 24.4. The maximum absolute atomic E-state index is 11.7. The highest BCUT2D eigenvalue weighted by Crippen LogP contribution is 2.08. The molecule has 1 heterocycles. The van der Waals surface area contributed by atoms with E-state index in [1.54, 1.807) is 11.8 Å². The number of nitrogens with zero attached hydrogens (tertiary/aromatic N) is 1. The predicted molar refractivity (Wildman–Crippen MR) is 51.9 cm³/mol. The van der Waals surface area contributed by atoms with Gasteiger partial charge in [0.15, 0.2) is 0 Å². The van der Waals surface area contributed by atoms with E-state index in [-0.39, 0.29) is 17.8 Å². The summed E-state index contributed by atoms with van der Waals surface area (Å²) in [6.45, 7) is 5.26. The van der Waals surface area contributed by atoms with E-state index in [0.717, 1.165) is 0 Å². The first-order chi connectivity index (χ1) is 6.65. The van der Waals surface area contributed by atoms with Gasteiger partial charge in [0.05, 0.1) is 0 Å². The van der Waals surface area contributed by atoms with E-state index >= 15 is 0 Å². The number of carbonyl (C=O) groups excluding carboxylic acids is 2. The number of rotatable bonds is 3. The van der Waals surface area contributed by atoms with Crippen molar-refractivity contribution in [3.63, 3.8) is 0 Å². The number of amides is 1. The molecule has 4 nitrogen and oxygen atoms in total. The highest BCUT2D eigenvalue weighted by Gasteiger charge is 2.24. The molecule has 1 rings (SSSR count). The first-order valence-corrected chi connectivity index (χ1v) is 5.07. The molecule has 0 aliphatic carbocycles. The molecule has 1 amide bonds. The van der Waals surface area contributed by atoms with Crippen molar-refractivity contribution in [2.75, 3.05) is 19.7 Å². The Balaban J connectivity index is 2.41. The second kappa shape index (κ2) is 5.10. The topological polar surface area (TPSA) is 46.6 Å². The van der Waals surface area contributed by atoms with E-state index in [9.17, 15) is 9.59 Å². The fourth-order valence-electron chi connectivity index (χ4n) is 1.55. The second-order valence-corrected chi connectivity index (χ2v) is 3.46. The zero-order valence-electron chi connectivity index (χ0n) is 8.78. The molecule has 0 radical (unpaired) electrons. The maximum Gasteiger partial charge on any atom is 0.251 e. The molecule has 1 atom stereocenters. The Bertz CT molecular complexity index is 217. The van der Waals surface area contributed by atoms with Gasteiger partial charge in [-0.1, -0.05) is 0 Å². The molecule has 0 saturated carbocycles. The quantitative estimate of drug-likeness (QED) is 0.668. The lowest BCUT2D eigenvalue weighted by Crippen LogP contribution is -2.43. The van der Waals surface area contributed by atoms with Crippen molar-refractivity contribution >= 4 is 11.7 Å². The number of hydrogen-bond donors (Lipinski definition) is 0. The van der Waals surface area contributed by atoms with Gasteiger partial charge in [0.1, 0.15) is 11.9 Å². The molecule has 0 aromatic heterocycles. The lowest BCUT2D eigenvalue weighted by atomic mass is 10.1.